The Morgan fingerprint density at radius 3 is 2.85 bits per heavy atom. The summed E-state index contributed by atoms with van der Waals surface area (Å²) in [6.45, 7) is 4.69. The molecule has 1 rings (SSSR count). The lowest BCUT2D eigenvalue weighted by Crippen LogP contribution is -2.02. The van der Waals surface area contributed by atoms with Gasteiger partial charge in [0.1, 0.15) is 0 Å². The van der Waals surface area contributed by atoms with Crippen molar-refractivity contribution in [1.29, 1.82) is 5.26 Å². The quantitative estimate of drug-likeness (QED) is 0.746. The van der Waals surface area contributed by atoms with Crippen molar-refractivity contribution in [2.24, 2.45) is 0 Å². The van der Waals surface area contributed by atoms with Crippen molar-refractivity contribution in [3.05, 3.63) is 16.4 Å². The molecule has 0 bridgehead atoms. The number of aryl methyl sites for hydroxylation is 2. The average Bonchev–Trinajstić information content (AvgIpc) is 2.40. The van der Waals surface area contributed by atoms with Crippen molar-refractivity contribution < 1.29 is 0 Å². The first kappa shape index (κ1) is 10.1. The molecular formula is C9H12ClN3. The van der Waals surface area contributed by atoms with Crippen molar-refractivity contribution in [3.63, 3.8) is 0 Å². The highest BCUT2D eigenvalue weighted by molar-refractivity contribution is 6.31. The van der Waals surface area contributed by atoms with Crippen molar-refractivity contribution in [2.45, 2.75) is 33.2 Å². The minimum Gasteiger partial charge on any atom is -0.268 e. The van der Waals surface area contributed by atoms with E-state index in [1.807, 2.05) is 18.5 Å². The van der Waals surface area contributed by atoms with E-state index in [0.717, 1.165) is 17.9 Å². The third-order valence-electron chi connectivity index (χ3n) is 1.93. The van der Waals surface area contributed by atoms with Crippen LogP contribution in [0, 0.1) is 18.3 Å². The number of hydrogen-bond acceptors (Lipinski definition) is 2. The van der Waals surface area contributed by atoms with Crippen molar-refractivity contribution >= 4 is 11.6 Å². The first-order valence-corrected chi connectivity index (χ1v) is 4.67. The molecule has 1 aromatic rings. The molecule has 70 valence electrons. The standard InChI is InChI=1S/C9H12ClN3/c1-3-13-8(5-4-6-11)9(10)7(2)12-13/h3-5H2,1-2H3. The molecule has 0 amide bonds. The summed E-state index contributed by atoms with van der Waals surface area (Å²) in [4.78, 5) is 0. The van der Waals surface area contributed by atoms with Gasteiger partial charge in [-0.1, -0.05) is 11.6 Å². The van der Waals surface area contributed by atoms with Crippen molar-refractivity contribution in [1.82, 2.24) is 9.78 Å². The maximum Gasteiger partial charge on any atom is 0.0847 e. The molecule has 0 aliphatic rings. The molecule has 0 aliphatic heterocycles. The summed E-state index contributed by atoms with van der Waals surface area (Å²) in [5, 5.41) is 13.4. The third kappa shape index (κ3) is 2.02. The number of hydrogen-bond donors (Lipinski definition) is 0. The Hall–Kier alpha value is -1.01. The molecule has 0 spiro atoms. The lowest BCUT2D eigenvalue weighted by Gasteiger charge is -2.01. The van der Waals surface area contributed by atoms with Crippen LogP contribution in [0.5, 0.6) is 0 Å². The summed E-state index contributed by atoms with van der Waals surface area (Å²) in [6, 6.07) is 2.10. The Labute approximate surface area is 82.9 Å². The van der Waals surface area contributed by atoms with E-state index in [1.165, 1.54) is 0 Å². The molecule has 0 saturated carbocycles. The van der Waals surface area contributed by atoms with E-state index in [-0.39, 0.29) is 0 Å². The Kier molecular flexibility index (Phi) is 3.32. The van der Waals surface area contributed by atoms with Gasteiger partial charge in [0.2, 0.25) is 0 Å². The first-order chi connectivity index (χ1) is 6.20. The summed E-state index contributed by atoms with van der Waals surface area (Å²) >= 11 is 6.04. The lowest BCUT2D eigenvalue weighted by atomic mass is 10.2. The zero-order valence-electron chi connectivity index (χ0n) is 7.84. The number of nitrogens with zero attached hydrogens (tertiary/aromatic N) is 3. The van der Waals surface area contributed by atoms with E-state index < -0.39 is 0 Å². The normalized spacial score (nSPS) is 10.0. The van der Waals surface area contributed by atoms with Gasteiger partial charge in [0.05, 0.1) is 22.5 Å². The fourth-order valence-electron chi connectivity index (χ4n) is 1.28. The highest BCUT2D eigenvalue weighted by Crippen LogP contribution is 2.21. The van der Waals surface area contributed by atoms with Gasteiger partial charge in [0.15, 0.2) is 0 Å². The summed E-state index contributed by atoms with van der Waals surface area (Å²) in [7, 11) is 0. The Balaban J connectivity index is 2.96. The maximum absolute atomic E-state index is 8.47. The van der Waals surface area contributed by atoms with Crippen LogP contribution in [0.25, 0.3) is 0 Å². The second kappa shape index (κ2) is 4.29. The predicted octanol–water partition coefficient (Wildman–Crippen LogP) is 2.32. The minimum atomic E-state index is 0.491. The molecule has 0 unspecified atom stereocenters. The highest BCUT2D eigenvalue weighted by Gasteiger charge is 2.11. The Morgan fingerprint density at radius 1 is 1.62 bits per heavy atom. The van der Waals surface area contributed by atoms with E-state index in [4.69, 9.17) is 16.9 Å². The summed E-state index contributed by atoms with van der Waals surface area (Å²) < 4.78 is 1.86. The van der Waals surface area contributed by atoms with Gasteiger partial charge in [0.25, 0.3) is 0 Å². The second-order valence-corrected chi connectivity index (χ2v) is 3.20. The molecule has 4 heteroatoms. The smallest absolute Gasteiger partial charge is 0.0847 e. The molecule has 0 aliphatic carbocycles. The largest absolute Gasteiger partial charge is 0.268 e. The Bertz CT molecular complexity index is 335. The molecule has 0 saturated heterocycles. The summed E-state index contributed by atoms with van der Waals surface area (Å²) in [6.07, 6.45) is 1.18. The van der Waals surface area contributed by atoms with Crippen LogP contribution < -0.4 is 0 Å². The minimum absolute atomic E-state index is 0.491. The van der Waals surface area contributed by atoms with Gasteiger partial charge in [0, 0.05) is 19.4 Å². The molecular weight excluding hydrogens is 186 g/mol. The van der Waals surface area contributed by atoms with Gasteiger partial charge in [-0.2, -0.15) is 10.4 Å². The molecule has 0 radical (unpaired) electrons. The van der Waals surface area contributed by atoms with Crippen LogP contribution in [0.1, 0.15) is 24.7 Å². The second-order valence-electron chi connectivity index (χ2n) is 2.82. The fourth-order valence-corrected chi connectivity index (χ4v) is 1.51. The number of nitriles is 1. The van der Waals surface area contributed by atoms with E-state index in [9.17, 15) is 0 Å². The van der Waals surface area contributed by atoms with Crippen LogP contribution in [0.3, 0.4) is 0 Å². The van der Waals surface area contributed by atoms with Gasteiger partial charge >= 0.3 is 0 Å². The van der Waals surface area contributed by atoms with Crippen LogP contribution in [-0.2, 0) is 13.0 Å². The number of aromatic nitrogens is 2. The first-order valence-electron chi connectivity index (χ1n) is 4.29. The predicted molar refractivity (Wildman–Crippen MR) is 51.6 cm³/mol. The van der Waals surface area contributed by atoms with Gasteiger partial charge in [-0.15, -0.1) is 0 Å². The molecule has 0 fully saturated rings. The van der Waals surface area contributed by atoms with Crippen LogP contribution in [0.4, 0.5) is 0 Å². The van der Waals surface area contributed by atoms with Gasteiger partial charge in [-0.25, -0.2) is 0 Å². The summed E-state index contributed by atoms with van der Waals surface area (Å²) in [5.74, 6) is 0. The van der Waals surface area contributed by atoms with Crippen LogP contribution >= 0.6 is 11.6 Å². The average molecular weight is 198 g/mol. The molecule has 1 aromatic heterocycles. The van der Waals surface area contributed by atoms with Crippen LogP contribution in [-0.4, -0.2) is 9.78 Å². The van der Waals surface area contributed by atoms with Crippen molar-refractivity contribution in [3.8, 4) is 6.07 Å². The highest BCUT2D eigenvalue weighted by atomic mass is 35.5. The molecule has 1 heterocycles. The Morgan fingerprint density at radius 2 is 2.31 bits per heavy atom. The maximum atomic E-state index is 8.47. The number of halogens is 1. The molecule has 0 N–H and O–H groups in total. The topological polar surface area (TPSA) is 41.6 Å². The van der Waals surface area contributed by atoms with E-state index >= 15 is 0 Å². The van der Waals surface area contributed by atoms with E-state index in [1.54, 1.807) is 0 Å². The lowest BCUT2D eigenvalue weighted by molar-refractivity contribution is 0.616. The third-order valence-corrected chi connectivity index (χ3v) is 2.42. The monoisotopic (exact) mass is 197 g/mol. The van der Waals surface area contributed by atoms with E-state index in [0.29, 0.717) is 17.9 Å². The van der Waals surface area contributed by atoms with Gasteiger partial charge in [-0.05, 0) is 13.8 Å². The summed E-state index contributed by atoms with van der Waals surface area (Å²) in [5.41, 5.74) is 1.82. The van der Waals surface area contributed by atoms with Crippen LogP contribution in [0.15, 0.2) is 0 Å². The van der Waals surface area contributed by atoms with Crippen LogP contribution in [0.2, 0.25) is 5.02 Å². The SMILES string of the molecule is CCn1nc(C)c(Cl)c1CCC#N. The van der Waals surface area contributed by atoms with Gasteiger partial charge in [-0.3, -0.25) is 4.68 Å². The molecule has 0 aromatic carbocycles. The molecule has 3 nitrogen and oxygen atoms in total. The zero-order chi connectivity index (χ0) is 9.84. The molecule has 13 heavy (non-hydrogen) atoms. The van der Waals surface area contributed by atoms with E-state index in [2.05, 4.69) is 11.2 Å². The van der Waals surface area contributed by atoms with Crippen molar-refractivity contribution in [2.75, 3.05) is 0 Å². The van der Waals surface area contributed by atoms with Gasteiger partial charge < -0.3 is 0 Å². The number of rotatable bonds is 3. The fraction of sp³-hybridized carbons (Fsp3) is 0.556. The molecule has 0 atom stereocenters. The zero-order valence-corrected chi connectivity index (χ0v) is 8.60.